The average Bonchev–Trinajstić information content (AvgIpc) is 2.55. The van der Waals surface area contributed by atoms with Crippen molar-refractivity contribution in [2.45, 2.75) is 55.5 Å². The second kappa shape index (κ2) is 12.4. The van der Waals surface area contributed by atoms with Crippen LogP contribution in [0.15, 0.2) is 30.3 Å². The van der Waals surface area contributed by atoms with Gasteiger partial charge in [0, 0.05) is 29.0 Å². The highest BCUT2D eigenvalue weighted by Crippen LogP contribution is 2.30. The summed E-state index contributed by atoms with van der Waals surface area (Å²) in [7, 11) is 0. The number of benzene rings is 1. The lowest BCUT2D eigenvalue weighted by atomic mass is 10.1. The summed E-state index contributed by atoms with van der Waals surface area (Å²) in [5.74, 6) is 2.96. The number of hydrogen-bond acceptors (Lipinski definition) is 0. The van der Waals surface area contributed by atoms with E-state index in [1.54, 1.807) is 0 Å². The first-order valence-corrected chi connectivity index (χ1v) is 9.93. The van der Waals surface area contributed by atoms with Crippen molar-refractivity contribution in [3.05, 3.63) is 35.9 Å². The summed E-state index contributed by atoms with van der Waals surface area (Å²) in [5.41, 5.74) is 1.32. The molecular formula is C19H28Cl2IN. The van der Waals surface area contributed by atoms with Gasteiger partial charge in [-0.25, -0.2) is 0 Å². The third-order valence-electron chi connectivity index (χ3n) is 4.25. The molecule has 0 saturated carbocycles. The van der Waals surface area contributed by atoms with Gasteiger partial charge < -0.3 is 12.4 Å². The van der Waals surface area contributed by atoms with Gasteiger partial charge in [-0.1, -0.05) is 68.6 Å². The number of rotatable bonds is 10. The summed E-state index contributed by atoms with van der Waals surface area (Å²) in [5, 5.41) is 0. The Bertz CT molecular complexity index is 450. The molecule has 1 nitrogen and oxygen atoms in total. The van der Waals surface area contributed by atoms with Crippen LogP contribution in [0.2, 0.25) is 0 Å². The fourth-order valence-corrected chi connectivity index (χ4v) is 4.43. The number of quaternary nitrogens is 1. The lowest BCUT2D eigenvalue weighted by molar-refractivity contribution is -0.938. The Morgan fingerprint density at radius 1 is 1.13 bits per heavy atom. The van der Waals surface area contributed by atoms with Crippen molar-refractivity contribution >= 4 is 34.2 Å². The van der Waals surface area contributed by atoms with Gasteiger partial charge >= 0.3 is 0 Å². The van der Waals surface area contributed by atoms with Crippen LogP contribution >= 0.6 is 34.2 Å². The lowest BCUT2D eigenvalue weighted by Gasteiger charge is -2.44. The molecule has 0 saturated heterocycles. The second-order valence-corrected chi connectivity index (χ2v) is 7.57. The van der Waals surface area contributed by atoms with Gasteiger partial charge in [-0.3, -0.25) is 4.48 Å². The van der Waals surface area contributed by atoms with Gasteiger partial charge in [-0.2, -0.15) is 0 Å². The van der Waals surface area contributed by atoms with E-state index in [1.165, 1.54) is 31.2 Å². The third kappa shape index (κ3) is 6.82. The van der Waals surface area contributed by atoms with Crippen LogP contribution in [0, 0.1) is 12.3 Å². The van der Waals surface area contributed by atoms with Gasteiger partial charge in [-0.15, -0.1) is 6.42 Å². The number of terminal acetylenes is 1. The summed E-state index contributed by atoms with van der Waals surface area (Å²) in [4.78, 5) is 0. The van der Waals surface area contributed by atoms with E-state index < -0.39 is 0 Å². The van der Waals surface area contributed by atoms with Crippen LogP contribution in [0.1, 0.15) is 45.1 Å². The molecule has 0 aromatic heterocycles. The van der Waals surface area contributed by atoms with Crippen LogP contribution in [0.3, 0.4) is 0 Å². The minimum atomic E-state index is 0. The maximum Gasteiger partial charge on any atom is 0.201 e. The molecule has 1 rings (SSSR count). The Kier molecular flexibility index (Phi) is 12.4. The van der Waals surface area contributed by atoms with E-state index in [-0.39, 0.29) is 22.0 Å². The fraction of sp³-hybridized carbons (Fsp3) is 0.579. The predicted octanol–water partition coefficient (Wildman–Crippen LogP) is 2.61. The van der Waals surface area contributed by atoms with Gasteiger partial charge in [0.2, 0.25) is 4.05 Å². The molecule has 1 aromatic rings. The molecule has 0 fully saturated rings. The van der Waals surface area contributed by atoms with Crippen LogP contribution in [0.25, 0.3) is 0 Å². The Hall–Kier alpha value is 0.0500. The Balaban J connectivity index is 0.00000484. The molecule has 4 heteroatoms. The molecule has 0 radical (unpaired) electrons. The van der Waals surface area contributed by atoms with Crippen molar-refractivity contribution in [2.75, 3.05) is 13.1 Å². The molecule has 130 valence electrons. The number of unbranched alkanes of at least 4 members (excludes halogenated alkanes) is 2. The summed E-state index contributed by atoms with van der Waals surface area (Å²) in [6.45, 7) is 6.59. The highest BCUT2D eigenvalue weighted by Gasteiger charge is 2.40. The molecule has 0 aliphatic rings. The van der Waals surface area contributed by atoms with Crippen LogP contribution in [-0.2, 0) is 6.42 Å². The molecule has 0 aliphatic carbocycles. The molecule has 0 N–H and O–H groups in total. The average molecular weight is 468 g/mol. The smallest absolute Gasteiger partial charge is 0.201 e. The molecule has 0 heterocycles. The zero-order valence-corrected chi connectivity index (χ0v) is 17.8. The number of nitrogens with zero attached hydrogens (tertiary/aromatic N) is 1. The Labute approximate surface area is 167 Å². The van der Waals surface area contributed by atoms with Gasteiger partial charge in [0.15, 0.2) is 5.50 Å². The molecule has 2 atom stereocenters. The van der Waals surface area contributed by atoms with E-state index in [0.717, 1.165) is 24.0 Å². The molecule has 0 aliphatic heterocycles. The maximum atomic E-state index is 6.96. The highest BCUT2D eigenvalue weighted by atomic mass is 127. The summed E-state index contributed by atoms with van der Waals surface area (Å²) in [6, 6.07) is 10.5. The molecule has 23 heavy (non-hydrogen) atoms. The number of hydrogen-bond donors (Lipinski definition) is 0. The third-order valence-corrected chi connectivity index (χ3v) is 6.26. The highest BCUT2D eigenvalue weighted by molar-refractivity contribution is 14.1. The van der Waals surface area contributed by atoms with E-state index in [1.807, 2.05) is 6.07 Å². The molecule has 0 bridgehead atoms. The van der Waals surface area contributed by atoms with Crippen LogP contribution in [0.4, 0.5) is 0 Å². The zero-order valence-electron chi connectivity index (χ0n) is 14.1. The first-order valence-electron chi connectivity index (χ1n) is 8.25. The predicted molar refractivity (Wildman–Crippen MR) is 106 cm³/mol. The van der Waals surface area contributed by atoms with Gasteiger partial charge in [-0.05, 0) is 24.3 Å². The molecule has 0 spiro atoms. The molecule has 2 unspecified atom stereocenters. The molecule has 0 amide bonds. The Morgan fingerprint density at radius 3 is 2.09 bits per heavy atom. The Morgan fingerprint density at radius 2 is 1.65 bits per heavy atom. The summed E-state index contributed by atoms with van der Waals surface area (Å²) < 4.78 is 0.955. The molecular weight excluding hydrogens is 440 g/mol. The summed E-state index contributed by atoms with van der Waals surface area (Å²) >= 11 is 9.36. The van der Waals surface area contributed by atoms with Crippen molar-refractivity contribution in [1.29, 1.82) is 0 Å². The molecule has 1 aromatic carbocycles. The fourth-order valence-electron chi connectivity index (χ4n) is 2.80. The van der Waals surface area contributed by atoms with E-state index in [2.05, 4.69) is 66.6 Å². The minimum absolute atomic E-state index is 0. The largest absolute Gasteiger partial charge is 1.00 e. The lowest BCUT2D eigenvalue weighted by Crippen LogP contribution is -3.00. The standard InChI is InChI=1S/C19H28ClIN.ClH/c1-4-7-14-22(15-8-5-2,19(21)6-3)18(20)16-17-12-10-9-11-13-17;/h3,9-13,18-19H,4-5,7-8,14-16H2,1-2H3;1H/q+1;/p-1. The monoisotopic (exact) mass is 467 g/mol. The SMILES string of the molecule is C#CC(I)[N+](CCCC)(CCCC)C(Cl)Cc1ccccc1.[Cl-]. The van der Waals surface area contributed by atoms with Gasteiger partial charge in [0.25, 0.3) is 0 Å². The normalized spacial score (nSPS) is 13.7. The van der Waals surface area contributed by atoms with Crippen LogP contribution in [-0.4, -0.2) is 27.1 Å². The van der Waals surface area contributed by atoms with Gasteiger partial charge in [0.1, 0.15) is 0 Å². The van der Waals surface area contributed by atoms with Crippen molar-refractivity contribution in [2.24, 2.45) is 0 Å². The van der Waals surface area contributed by atoms with Crippen molar-refractivity contribution in [3.63, 3.8) is 0 Å². The van der Waals surface area contributed by atoms with E-state index in [9.17, 15) is 0 Å². The summed E-state index contributed by atoms with van der Waals surface area (Å²) in [6.07, 6.45) is 11.4. The van der Waals surface area contributed by atoms with Crippen molar-refractivity contribution in [3.8, 4) is 12.3 Å². The first-order chi connectivity index (χ1) is 10.6. The second-order valence-electron chi connectivity index (χ2n) is 5.88. The van der Waals surface area contributed by atoms with E-state index in [4.69, 9.17) is 18.0 Å². The minimum Gasteiger partial charge on any atom is -1.00 e. The topological polar surface area (TPSA) is 0 Å². The quantitative estimate of drug-likeness (QED) is 0.163. The van der Waals surface area contributed by atoms with Crippen molar-refractivity contribution in [1.82, 2.24) is 0 Å². The number of halogens is 3. The van der Waals surface area contributed by atoms with E-state index >= 15 is 0 Å². The van der Waals surface area contributed by atoms with Crippen LogP contribution in [0.5, 0.6) is 0 Å². The maximum absolute atomic E-state index is 6.96. The number of alkyl halides is 2. The van der Waals surface area contributed by atoms with Gasteiger partial charge in [0.05, 0.1) is 13.1 Å². The van der Waals surface area contributed by atoms with Crippen molar-refractivity contribution < 1.29 is 16.9 Å². The zero-order chi connectivity index (χ0) is 16.4. The van der Waals surface area contributed by atoms with Crippen LogP contribution < -0.4 is 12.4 Å². The first kappa shape index (κ1) is 23.1. The van der Waals surface area contributed by atoms with E-state index in [0.29, 0.717) is 0 Å².